The molecule has 1 aliphatic heterocycles. The number of methoxy groups -OCH3 is 1. The lowest BCUT2D eigenvalue weighted by Gasteiger charge is -2.36. The Morgan fingerprint density at radius 2 is 2.18 bits per heavy atom. The van der Waals surface area contributed by atoms with E-state index in [4.69, 9.17) is 9.47 Å². The second-order valence-corrected chi connectivity index (χ2v) is 6.84. The molecule has 1 amide bonds. The number of amides is 1. The molecule has 1 fully saturated rings. The molecule has 1 saturated heterocycles. The fraction of sp³-hybridized carbons (Fsp3) is 0.471. The predicted molar refractivity (Wildman–Crippen MR) is 88.5 cm³/mol. The molecule has 1 aromatic carbocycles. The fourth-order valence-corrected chi connectivity index (χ4v) is 4.04. The summed E-state index contributed by atoms with van der Waals surface area (Å²) in [7, 11) is 1.67. The maximum absolute atomic E-state index is 13.0. The van der Waals surface area contributed by atoms with Crippen LogP contribution >= 0.6 is 11.3 Å². The molecule has 3 rings (SSSR count). The summed E-state index contributed by atoms with van der Waals surface area (Å²) in [5.74, 6) is 0.0934. The quantitative estimate of drug-likeness (QED) is 0.871. The largest absolute Gasteiger partial charge is 0.380 e. The number of rotatable bonds is 3. The average molecular weight is 319 g/mol. The molecule has 0 aliphatic carbocycles. The highest BCUT2D eigenvalue weighted by molar-refractivity contribution is 7.21. The normalized spacial score (nSPS) is 22.2. The Labute approximate surface area is 134 Å². The minimum absolute atomic E-state index is 0.0837. The third-order valence-corrected chi connectivity index (χ3v) is 5.25. The molecule has 2 unspecified atom stereocenters. The zero-order valence-electron chi connectivity index (χ0n) is 13.2. The van der Waals surface area contributed by atoms with E-state index in [9.17, 15) is 4.79 Å². The number of nitrogens with zero attached hydrogens (tertiary/aromatic N) is 1. The monoisotopic (exact) mass is 319 g/mol. The second kappa shape index (κ2) is 6.36. The Morgan fingerprint density at radius 1 is 1.41 bits per heavy atom. The van der Waals surface area contributed by atoms with Gasteiger partial charge in [0.05, 0.1) is 30.2 Å². The molecule has 0 saturated carbocycles. The van der Waals surface area contributed by atoms with Crippen LogP contribution in [0.3, 0.4) is 0 Å². The molecular weight excluding hydrogens is 298 g/mol. The van der Waals surface area contributed by atoms with Crippen molar-refractivity contribution < 1.29 is 14.3 Å². The smallest absolute Gasteiger partial charge is 0.264 e. The number of fused-ring (bicyclic) bond motifs is 1. The summed E-state index contributed by atoms with van der Waals surface area (Å²) < 4.78 is 12.1. The number of morpholine rings is 1. The van der Waals surface area contributed by atoms with Gasteiger partial charge in [-0.25, -0.2) is 0 Å². The van der Waals surface area contributed by atoms with Crippen LogP contribution in [-0.2, 0) is 16.1 Å². The lowest BCUT2D eigenvalue weighted by molar-refractivity contribution is -0.0386. The Bertz CT molecular complexity index is 682. The van der Waals surface area contributed by atoms with Crippen molar-refractivity contribution in [2.45, 2.75) is 32.6 Å². The van der Waals surface area contributed by atoms with Crippen LogP contribution in [0.2, 0.25) is 0 Å². The average Bonchev–Trinajstić information content (AvgIpc) is 2.88. The van der Waals surface area contributed by atoms with Crippen LogP contribution < -0.4 is 0 Å². The van der Waals surface area contributed by atoms with Gasteiger partial charge in [0.1, 0.15) is 0 Å². The first-order valence-corrected chi connectivity index (χ1v) is 8.35. The molecule has 0 spiro atoms. The van der Waals surface area contributed by atoms with E-state index in [0.717, 1.165) is 20.5 Å². The van der Waals surface area contributed by atoms with Gasteiger partial charge in [0, 0.05) is 23.9 Å². The van der Waals surface area contributed by atoms with Gasteiger partial charge in [-0.3, -0.25) is 4.79 Å². The van der Waals surface area contributed by atoms with Gasteiger partial charge in [-0.1, -0.05) is 18.2 Å². The van der Waals surface area contributed by atoms with Crippen molar-refractivity contribution in [1.82, 2.24) is 4.90 Å². The Hall–Kier alpha value is -1.43. The van der Waals surface area contributed by atoms with Crippen molar-refractivity contribution in [2.75, 3.05) is 20.3 Å². The highest BCUT2D eigenvalue weighted by atomic mass is 32.1. The number of benzene rings is 1. The topological polar surface area (TPSA) is 38.8 Å². The first-order chi connectivity index (χ1) is 10.6. The Balaban J connectivity index is 2.01. The summed E-state index contributed by atoms with van der Waals surface area (Å²) in [4.78, 5) is 15.8. The van der Waals surface area contributed by atoms with Crippen LogP contribution in [-0.4, -0.2) is 43.2 Å². The minimum Gasteiger partial charge on any atom is -0.380 e. The zero-order valence-corrected chi connectivity index (χ0v) is 14.0. The number of thiophene rings is 1. The third kappa shape index (κ3) is 2.76. The van der Waals surface area contributed by atoms with E-state index < -0.39 is 0 Å². The first kappa shape index (κ1) is 15.5. The van der Waals surface area contributed by atoms with E-state index in [-0.39, 0.29) is 18.1 Å². The number of hydrogen-bond donors (Lipinski definition) is 0. The second-order valence-electron chi connectivity index (χ2n) is 5.79. The maximum Gasteiger partial charge on any atom is 0.264 e. The van der Waals surface area contributed by atoms with Crippen molar-refractivity contribution in [2.24, 2.45) is 0 Å². The standard InChI is InChI=1S/C17H21NO3S/c1-11-9-21-12(2)8-18(11)17(19)16-14(10-20-3)13-6-4-5-7-15(13)22-16/h4-7,11-12H,8-10H2,1-3H3. The van der Waals surface area contributed by atoms with E-state index in [1.54, 1.807) is 18.4 Å². The highest BCUT2D eigenvalue weighted by Crippen LogP contribution is 2.33. The zero-order chi connectivity index (χ0) is 15.7. The van der Waals surface area contributed by atoms with Crippen LogP contribution in [0.1, 0.15) is 29.1 Å². The lowest BCUT2D eigenvalue weighted by atomic mass is 10.1. The molecule has 118 valence electrons. The molecule has 0 bridgehead atoms. The molecule has 2 atom stereocenters. The fourth-order valence-electron chi connectivity index (χ4n) is 2.88. The van der Waals surface area contributed by atoms with Gasteiger partial charge in [-0.15, -0.1) is 11.3 Å². The molecule has 5 heteroatoms. The van der Waals surface area contributed by atoms with Crippen LogP contribution in [0, 0.1) is 0 Å². The van der Waals surface area contributed by atoms with E-state index in [1.165, 1.54) is 0 Å². The van der Waals surface area contributed by atoms with Crippen LogP contribution in [0.5, 0.6) is 0 Å². The molecular formula is C17H21NO3S. The van der Waals surface area contributed by atoms with Crippen molar-refractivity contribution in [1.29, 1.82) is 0 Å². The van der Waals surface area contributed by atoms with Gasteiger partial charge >= 0.3 is 0 Å². The molecule has 0 radical (unpaired) electrons. The van der Waals surface area contributed by atoms with E-state index in [2.05, 4.69) is 12.1 Å². The summed E-state index contributed by atoms with van der Waals surface area (Å²) in [5.41, 5.74) is 0.999. The van der Waals surface area contributed by atoms with Crippen LogP contribution in [0.25, 0.3) is 10.1 Å². The van der Waals surface area contributed by atoms with Crippen molar-refractivity contribution in [3.63, 3.8) is 0 Å². The first-order valence-electron chi connectivity index (χ1n) is 7.53. The van der Waals surface area contributed by atoms with Gasteiger partial charge in [0.15, 0.2) is 0 Å². The molecule has 4 nitrogen and oxygen atoms in total. The van der Waals surface area contributed by atoms with Gasteiger partial charge < -0.3 is 14.4 Å². The molecule has 0 N–H and O–H groups in total. The van der Waals surface area contributed by atoms with Crippen molar-refractivity contribution >= 4 is 27.3 Å². The lowest BCUT2D eigenvalue weighted by Crippen LogP contribution is -2.50. The summed E-state index contributed by atoms with van der Waals surface area (Å²) in [5, 5.41) is 1.12. The Kier molecular flexibility index (Phi) is 4.47. The predicted octanol–water partition coefficient (Wildman–Crippen LogP) is 3.30. The van der Waals surface area contributed by atoms with Gasteiger partial charge in [0.2, 0.25) is 0 Å². The van der Waals surface area contributed by atoms with E-state index in [1.807, 2.05) is 30.9 Å². The minimum atomic E-state index is 0.0837. The third-order valence-electron chi connectivity index (χ3n) is 4.05. The summed E-state index contributed by atoms with van der Waals surface area (Å²) in [6.45, 7) is 5.73. The summed E-state index contributed by atoms with van der Waals surface area (Å²) in [6.07, 6.45) is 0.0837. The van der Waals surface area contributed by atoms with Gasteiger partial charge in [0.25, 0.3) is 5.91 Å². The van der Waals surface area contributed by atoms with Crippen molar-refractivity contribution in [3.05, 3.63) is 34.7 Å². The summed E-state index contributed by atoms with van der Waals surface area (Å²) in [6, 6.07) is 8.22. The van der Waals surface area contributed by atoms with Crippen LogP contribution in [0.4, 0.5) is 0 Å². The molecule has 1 aromatic heterocycles. The van der Waals surface area contributed by atoms with E-state index in [0.29, 0.717) is 19.8 Å². The number of hydrogen-bond acceptors (Lipinski definition) is 4. The maximum atomic E-state index is 13.0. The number of carbonyl (C=O) groups is 1. The van der Waals surface area contributed by atoms with Gasteiger partial charge in [-0.05, 0) is 25.3 Å². The number of carbonyl (C=O) groups excluding carboxylic acids is 1. The Morgan fingerprint density at radius 3 is 2.95 bits per heavy atom. The van der Waals surface area contributed by atoms with Crippen LogP contribution in [0.15, 0.2) is 24.3 Å². The summed E-state index contributed by atoms with van der Waals surface area (Å²) >= 11 is 1.56. The molecule has 22 heavy (non-hydrogen) atoms. The van der Waals surface area contributed by atoms with E-state index >= 15 is 0 Å². The molecule has 1 aliphatic rings. The molecule has 2 heterocycles. The van der Waals surface area contributed by atoms with Crippen molar-refractivity contribution in [3.8, 4) is 0 Å². The molecule has 2 aromatic rings. The highest BCUT2D eigenvalue weighted by Gasteiger charge is 2.31. The van der Waals surface area contributed by atoms with Gasteiger partial charge in [-0.2, -0.15) is 0 Å². The SMILES string of the molecule is COCc1c(C(=O)N2CC(C)OCC2C)sc2ccccc12. The number of ether oxygens (including phenoxy) is 2.